The maximum absolute atomic E-state index is 5.71. The van der Waals surface area contributed by atoms with Crippen molar-refractivity contribution in [1.29, 1.82) is 0 Å². The summed E-state index contributed by atoms with van der Waals surface area (Å²) in [6, 6.07) is 11.9. The number of aryl methyl sites for hydroxylation is 1. The first-order valence-corrected chi connectivity index (χ1v) is 6.26. The topological polar surface area (TPSA) is 34.4 Å². The summed E-state index contributed by atoms with van der Waals surface area (Å²) in [6.45, 7) is 6.30. The predicted molar refractivity (Wildman–Crippen MR) is 71.6 cm³/mol. The van der Waals surface area contributed by atoms with Gasteiger partial charge < -0.3 is 14.5 Å². The van der Waals surface area contributed by atoms with Gasteiger partial charge in [-0.05, 0) is 31.7 Å². The molecule has 0 bridgehead atoms. The van der Waals surface area contributed by atoms with Crippen molar-refractivity contribution in [2.45, 2.75) is 27.0 Å². The minimum Gasteiger partial charge on any atom is -0.489 e. The van der Waals surface area contributed by atoms with Gasteiger partial charge in [0.1, 0.15) is 23.9 Å². The Bertz CT molecular complexity index is 476. The molecule has 0 atom stereocenters. The van der Waals surface area contributed by atoms with Gasteiger partial charge in [-0.1, -0.05) is 25.1 Å². The molecule has 1 N–H and O–H groups in total. The van der Waals surface area contributed by atoms with Gasteiger partial charge in [0.05, 0.1) is 6.54 Å². The van der Waals surface area contributed by atoms with Crippen molar-refractivity contribution < 1.29 is 9.15 Å². The van der Waals surface area contributed by atoms with Crippen molar-refractivity contribution in [3.63, 3.8) is 0 Å². The van der Waals surface area contributed by atoms with Crippen molar-refractivity contribution in [3.8, 4) is 5.75 Å². The first kappa shape index (κ1) is 12.7. The Kier molecular flexibility index (Phi) is 4.42. The van der Waals surface area contributed by atoms with Crippen molar-refractivity contribution in [3.05, 3.63) is 53.5 Å². The molecule has 3 heteroatoms. The molecule has 96 valence electrons. The lowest BCUT2D eigenvalue weighted by Gasteiger charge is -2.04. The second-order valence-electron chi connectivity index (χ2n) is 4.18. The van der Waals surface area contributed by atoms with Gasteiger partial charge in [0.2, 0.25) is 0 Å². The molecule has 0 fully saturated rings. The number of hydrogen-bond donors (Lipinski definition) is 1. The van der Waals surface area contributed by atoms with Crippen LogP contribution in [0.3, 0.4) is 0 Å². The van der Waals surface area contributed by atoms with Gasteiger partial charge >= 0.3 is 0 Å². The van der Waals surface area contributed by atoms with Gasteiger partial charge in [0.25, 0.3) is 0 Å². The molecule has 0 radical (unpaired) electrons. The van der Waals surface area contributed by atoms with E-state index < -0.39 is 0 Å². The summed E-state index contributed by atoms with van der Waals surface area (Å²) >= 11 is 0. The van der Waals surface area contributed by atoms with Crippen LogP contribution in [0.4, 0.5) is 0 Å². The first-order valence-electron chi connectivity index (χ1n) is 6.26. The highest BCUT2D eigenvalue weighted by atomic mass is 16.5. The lowest BCUT2D eigenvalue weighted by atomic mass is 10.2. The number of nitrogens with one attached hydrogen (secondary N) is 1. The van der Waals surface area contributed by atoms with Crippen LogP contribution >= 0.6 is 0 Å². The van der Waals surface area contributed by atoms with Crippen LogP contribution in [0.25, 0.3) is 0 Å². The predicted octanol–water partition coefficient (Wildman–Crippen LogP) is 3.28. The largest absolute Gasteiger partial charge is 0.489 e. The third kappa shape index (κ3) is 3.37. The Morgan fingerprint density at radius 3 is 2.72 bits per heavy atom. The number of ether oxygens (including phenoxy) is 1. The van der Waals surface area contributed by atoms with Crippen molar-refractivity contribution in [2.24, 2.45) is 0 Å². The Balaban J connectivity index is 1.95. The smallest absolute Gasteiger partial charge is 0.119 e. The Morgan fingerprint density at radius 1 is 1.22 bits per heavy atom. The highest BCUT2D eigenvalue weighted by Crippen LogP contribution is 2.17. The highest BCUT2D eigenvalue weighted by molar-refractivity contribution is 5.24. The molecule has 3 nitrogen and oxygen atoms in total. The average molecular weight is 245 g/mol. The molecule has 1 aromatic carbocycles. The molecule has 1 aromatic heterocycles. The third-order valence-corrected chi connectivity index (χ3v) is 2.76. The minimum atomic E-state index is 0.547. The summed E-state index contributed by atoms with van der Waals surface area (Å²) in [7, 11) is 0. The van der Waals surface area contributed by atoms with E-state index in [-0.39, 0.29) is 0 Å². The molecule has 2 rings (SSSR count). The molecule has 0 aliphatic carbocycles. The molecule has 0 unspecified atom stereocenters. The van der Waals surface area contributed by atoms with Gasteiger partial charge in [-0.15, -0.1) is 0 Å². The molecule has 0 aliphatic rings. The van der Waals surface area contributed by atoms with Crippen LogP contribution in [0.15, 0.2) is 40.8 Å². The molecule has 0 saturated heterocycles. The quantitative estimate of drug-likeness (QED) is 0.848. The normalized spacial score (nSPS) is 10.6. The number of para-hydroxylation sites is 1. The number of hydrogen-bond acceptors (Lipinski definition) is 3. The molecular weight excluding hydrogens is 226 g/mol. The van der Waals surface area contributed by atoms with Crippen molar-refractivity contribution in [1.82, 2.24) is 5.32 Å². The highest BCUT2D eigenvalue weighted by Gasteiger charge is 2.07. The molecule has 0 saturated carbocycles. The summed E-state index contributed by atoms with van der Waals surface area (Å²) in [5.74, 6) is 2.77. The summed E-state index contributed by atoms with van der Waals surface area (Å²) < 4.78 is 11.4. The Morgan fingerprint density at radius 2 is 2.00 bits per heavy atom. The van der Waals surface area contributed by atoms with Gasteiger partial charge in [-0.2, -0.15) is 0 Å². The van der Waals surface area contributed by atoms with Crippen LogP contribution in [0, 0.1) is 6.92 Å². The van der Waals surface area contributed by atoms with E-state index in [0.29, 0.717) is 6.61 Å². The monoisotopic (exact) mass is 245 g/mol. The van der Waals surface area contributed by atoms with E-state index in [4.69, 9.17) is 9.15 Å². The fourth-order valence-corrected chi connectivity index (χ4v) is 1.74. The van der Waals surface area contributed by atoms with E-state index in [1.165, 1.54) is 0 Å². The lowest BCUT2D eigenvalue weighted by Crippen LogP contribution is -2.10. The van der Waals surface area contributed by atoms with E-state index in [2.05, 4.69) is 18.3 Å². The van der Waals surface area contributed by atoms with E-state index >= 15 is 0 Å². The van der Waals surface area contributed by atoms with Crippen LogP contribution in [-0.2, 0) is 13.2 Å². The molecule has 18 heavy (non-hydrogen) atoms. The third-order valence-electron chi connectivity index (χ3n) is 2.76. The van der Waals surface area contributed by atoms with Gasteiger partial charge in [-0.3, -0.25) is 0 Å². The number of furan rings is 1. The van der Waals surface area contributed by atoms with Gasteiger partial charge in [0.15, 0.2) is 0 Å². The fraction of sp³-hybridized carbons (Fsp3) is 0.333. The molecule has 2 aromatic rings. The second kappa shape index (κ2) is 6.26. The number of rotatable bonds is 6. The molecule has 0 aliphatic heterocycles. The van der Waals surface area contributed by atoms with Crippen LogP contribution in [-0.4, -0.2) is 6.54 Å². The second-order valence-corrected chi connectivity index (χ2v) is 4.18. The van der Waals surface area contributed by atoms with Crippen LogP contribution in [0.1, 0.15) is 24.0 Å². The van der Waals surface area contributed by atoms with Gasteiger partial charge in [-0.25, -0.2) is 0 Å². The van der Waals surface area contributed by atoms with E-state index in [1.54, 1.807) is 0 Å². The molecule has 1 heterocycles. The van der Waals surface area contributed by atoms with Crippen LogP contribution < -0.4 is 10.1 Å². The molecular formula is C15H19NO2. The van der Waals surface area contributed by atoms with E-state index in [0.717, 1.165) is 35.9 Å². The Hall–Kier alpha value is -1.74. The van der Waals surface area contributed by atoms with E-state index in [1.807, 2.05) is 37.3 Å². The fourth-order valence-electron chi connectivity index (χ4n) is 1.74. The van der Waals surface area contributed by atoms with Crippen LogP contribution in [0.5, 0.6) is 5.75 Å². The van der Waals surface area contributed by atoms with Gasteiger partial charge in [0, 0.05) is 5.56 Å². The van der Waals surface area contributed by atoms with Crippen molar-refractivity contribution >= 4 is 0 Å². The summed E-state index contributed by atoms with van der Waals surface area (Å²) in [5, 5.41) is 3.24. The standard InChI is InChI=1S/C15H19NO2/c1-3-16-10-15-9-13(12(2)18-15)11-17-14-7-5-4-6-8-14/h4-9,16H,3,10-11H2,1-2H3. The summed E-state index contributed by atoms with van der Waals surface area (Å²) in [4.78, 5) is 0. The zero-order valence-corrected chi connectivity index (χ0v) is 10.9. The maximum Gasteiger partial charge on any atom is 0.119 e. The summed E-state index contributed by atoms with van der Waals surface area (Å²) in [5.41, 5.74) is 1.10. The lowest BCUT2D eigenvalue weighted by molar-refractivity contribution is 0.303. The maximum atomic E-state index is 5.71. The van der Waals surface area contributed by atoms with Crippen molar-refractivity contribution in [2.75, 3.05) is 6.54 Å². The molecule has 0 spiro atoms. The molecule has 0 amide bonds. The van der Waals surface area contributed by atoms with Crippen LogP contribution in [0.2, 0.25) is 0 Å². The van der Waals surface area contributed by atoms with E-state index in [9.17, 15) is 0 Å². The zero-order chi connectivity index (χ0) is 12.8. The average Bonchev–Trinajstić information content (AvgIpc) is 2.76. The SMILES string of the molecule is CCNCc1cc(COc2ccccc2)c(C)o1. The number of benzene rings is 1. The summed E-state index contributed by atoms with van der Waals surface area (Å²) in [6.07, 6.45) is 0. The minimum absolute atomic E-state index is 0.547. The Labute approximate surface area is 108 Å². The first-order chi connectivity index (χ1) is 8.79. The zero-order valence-electron chi connectivity index (χ0n) is 10.9.